The third kappa shape index (κ3) is 5.91. The summed E-state index contributed by atoms with van der Waals surface area (Å²) in [6.07, 6.45) is 1.81. The molecule has 0 fully saturated rings. The Morgan fingerprint density at radius 3 is 2.70 bits per heavy atom. The van der Waals surface area contributed by atoms with E-state index in [1.165, 1.54) is 17.8 Å². The highest BCUT2D eigenvalue weighted by molar-refractivity contribution is 8.00. The van der Waals surface area contributed by atoms with Crippen LogP contribution in [0.2, 0.25) is 0 Å². The lowest BCUT2D eigenvalue weighted by atomic mass is 10.1. The summed E-state index contributed by atoms with van der Waals surface area (Å²) in [4.78, 5) is 21.8. The monoisotopic (exact) mass is 312 g/mol. The summed E-state index contributed by atoms with van der Waals surface area (Å²) in [5.74, 6) is 3.50. The summed E-state index contributed by atoms with van der Waals surface area (Å²) in [6.45, 7) is 0. The fourth-order valence-corrected chi connectivity index (χ4v) is 3.52. The molecule has 0 radical (unpaired) electrons. The van der Waals surface area contributed by atoms with Gasteiger partial charge in [-0.25, -0.2) is 13.2 Å². The molecule has 0 aromatic heterocycles. The lowest BCUT2D eigenvalue weighted by Gasteiger charge is -2.05. The number of carboxylic acids is 1. The summed E-state index contributed by atoms with van der Waals surface area (Å²) >= 11 is 1.22. The molecule has 0 bridgehead atoms. The minimum atomic E-state index is -3.06. The number of sulfone groups is 1. The molecule has 1 aromatic rings. The van der Waals surface area contributed by atoms with Crippen molar-refractivity contribution in [2.75, 3.05) is 17.8 Å². The number of rotatable bonds is 5. The van der Waals surface area contributed by atoms with Gasteiger partial charge < -0.3 is 5.11 Å². The molecule has 1 aromatic carbocycles. The van der Waals surface area contributed by atoms with E-state index in [0.717, 1.165) is 6.26 Å². The van der Waals surface area contributed by atoms with Gasteiger partial charge in [0.1, 0.15) is 9.84 Å². The number of carboxylic acid groups (broad SMARTS) is 1. The van der Waals surface area contributed by atoms with Crippen LogP contribution in [0.1, 0.15) is 15.9 Å². The number of aldehydes is 1. The van der Waals surface area contributed by atoms with Crippen LogP contribution in [0.25, 0.3) is 0 Å². The highest BCUT2D eigenvalue weighted by atomic mass is 32.2. The third-order valence-electron chi connectivity index (χ3n) is 2.17. The van der Waals surface area contributed by atoms with Crippen LogP contribution in [0.5, 0.6) is 0 Å². The minimum absolute atomic E-state index is 0.000988. The second-order valence-corrected chi connectivity index (χ2v) is 7.30. The topological polar surface area (TPSA) is 88.5 Å². The van der Waals surface area contributed by atoms with E-state index < -0.39 is 15.8 Å². The second kappa shape index (κ2) is 7.12. The van der Waals surface area contributed by atoms with Crippen LogP contribution in [-0.4, -0.2) is 43.5 Å². The van der Waals surface area contributed by atoms with Crippen LogP contribution in [-0.2, 0) is 14.6 Å². The van der Waals surface area contributed by atoms with Gasteiger partial charge >= 0.3 is 5.97 Å². The second-order valence-electron chi connectivity index (χ2n) is 3.90. The summed E-state index contributed by atoms with van der Waals surface area (Å²) in [6, 6.07) is 4.65. The predicted octanol–water partition coefficient (Wildman–Crippen LogP) is 1.07. The number of aliphatic carboxylic acids is 1. The molecule has 0 saturated carbocycles. The molecule has 0 spiro atoms. The molecule has 0 atom stereocenters. The Kier molecular flexibility index (Phi) is 5.80. The third-order valence-corrected chi connectivity index (χ3v) is 4.44. The molecule has 7 heteroatoms. The van der Waals surface area contributed by atoms with E-state index in [2.05, 4.69) is 5.92 Å². The molecule has 0 saturated heterocycles. The highest BCUT2D eigenvalue weighted by Gasteiger charge is 2.07. The molecule has 5 nitrogen and oxygen atoms in total. The molecule has 0 amide bonds. The maximum atomic E-state index is 11.0. The van der Waals surface area contributed by atoms with Crippen molar-refractivity contribution >= 4 is 33.9 Å². The first kappa shape index (κ1) is 16.3. The number of benzene rings is 1. The number of thioether (sulfide) groups is 1. The van der Waals surface area contributed by atoms with Gasteiger partial charge in [0.05, 0.1) is 5.75 Å². The van der Waals surface area contributed by atoms with Crippen LogP contribution >= 0.6 is 11.8 Å². The fourth-order valence-electron chi connectivity index (χ4n) is 1.26. The Hall–Kier alpha value is -1.78. The summed E-state index contributed by atoms with van der Waals surface area (Å²) < 4.78 is 22.1. The lowest BCUT2D eigenvalue weighted by molar-refractivity contribution is -0.130. The lowest BCUT2D eigenvalue weighted by Crippen LogP contribution is -2.05. The summed E-state index contributed by atoms with van der Waals surface area (Å²) in [5.41, 5.74) is 0.879. The Bertz CT molecular complexity index is 680. The van der Waals surface area contributed by atoms with Crippen molar-refractivity contribution in [3.63, 3.8) is 0 Å². The largest absolute Gasteiger partial charge is 0.472 e. The van der Waals surface area contributed by atoms with Crippen LogP contribution in [0, 0.1) is 11.8 Å². The van der Waals surface area contributed by atoms with E-state index >= 15 is 0 Å². The summed E-state index contributed by atoms with van der Waals surface area (Å²) in [7, 11) is -3.06. The Labute approximate surface area is 121 Å². The first-order valence-electron chi connectivity index (χ1n) is 5.46. The molecular weight excluding hydrogens is 300 g/mol. The molecule has 0 unspecified atom stereocenters. The van der Waals surface area contributed by atoms with Crippen molar-refractivity contribution < 1.29 is 23.1 Å². The molecule has 0 aliphatic rings. The van der Waals surface area contributed by atoms with Gasteiger partial charge in [-0.1, -0.05) is 5.92 Å². The first-order chi connectivity index (χ1) is 9.31. The van der Waals surface area contributed by atoms with Crippen LogP contribution in [0.4, 0.5) is 0 Å². The fraction of sp³-hybridized carbons (Fsp3) is 0.231. The first-order valence-corrected chi connectivity index (χ1v) is 8.51. The Morgan fingerprint density at radius 1 is 1.45 bits per heavy atom. The van der Waals surface area contributed by atoms with Crippen molar-refractivity contribution in [1.29, 1.82) is 0 Å². The van der Waals surface area contributed by atoms with E-state index in [4.69, 9.17) is 5.11 Å². The van der Waals surface area contributed by atoms with E-state index in [1.54, 1.807) is 12.1 Å². The molecule has 1 rings (SSSR count). The SMILES string of the molecule is CS(=O)(=O)CCSc1cc(C#CC(=O)O)ccc1C=O. The van der Waals surface area contributed by atoms with Gasteiger partial charge in [-0.05, 0) is 18.2 Å². The predicted molar refractivity (Wildman–Crippen MR) is 76.8 cm³/mol. The molecule has 0 heterocycles. The number of carbonyl (C=O) groups is 2. The number of hydrogen-bond donors (Lipinski definition) is 1. The van der Waals surface area contributed by atoms with Crippen molar-refractivity contribution in [1.82, 2.24) is 0 Å². The normalized spacial score (nSPS) is 10.4. The van der Waals surface area contributed by atoms with E-state index in [-0.39, 0.29) is 5.75 Å². The number of carbonyl (C=O) groups excluding carboxylic acids is 1. The van der Waals surface area contributed by atoms with Gasteiger partial charge in [-0.3, -0.25) is 4.79 Å². The summed E-state index contributed by atoms with van der Waals surface area (Å²) in [5, 5.41) is 8.47. The van der Waals surface area contributed by atoms with Gasteiger partial charge in [0, 0.05) is 34.0 Å². The maximum absolute atomic E-state index is 11.0. The minimum Gasteiger partial charge on any atom is -0.472 e. The zero-order chi connectivity index (χ0) is 15.2. The van der Waals surface area contributed by atoms with Crippen molar-refractivity contribution in [2.45, 2.75) is 4.90 Å². The smallest absolute Gasteiger partial charge is 0.382 e. The standard InChI is InChI=1S/C13H12O5S2/c1-20(17,18)7-6-19-12-8-10(3-5-13(15)16)2-4-11(12)9-14/h2,4,8-9H,6-7H2,1H3,(H,15,16). The van der Waals surface area contributed by atoms with Crippen LogP contribution in [0.15, 0.2) is 23.1 Å². The average Bonchev–Trinajstić information content (AvgIpc) is 2.35. The highest BCUT2D eigenvalue weighted by Crippen LogP contribution is 2.23. The molecule has 0 aliphatic heterocycles. The van der Waals surface area contributed by atoms with Crippen LogP contribution < -0.4 is 0 Å². The van der Waals surface area contributed by atoms with E-state index in [1.807, 2.05) is 5.92 Å². The maximum Gasteiger partial charge on any atom is 0.382 e. The van der Waals surface area contributed by atoms with E-state index in [0.29, 0.717) is 28.1 Å². The van der Waals surface area contributed by atoms with Crippen LogP contribution in [0.3, 0.4) is 0 Å². The zero-order valence-electron chi connectivity index (χ0n) is 10.6. The number of hydrogen-bond acceptors (Lipinski definition) is 5. The average molecular weight is 312 g/mol. The van der Waals surface area contributed by atoms with Gasteiger partial charge in [0.25, 0.3) is 0 Å². The molecule has 1 N–H and O–H groups in total. The van der Waals surface area contributed by atoms with Gasteiger partial charge in [0.2, 0.25) is 0 Å². The molecule has 20 heavy (non-hydrogen) atoms. The quantitative estimate of drug-likeness (QED) is 0.497. The van der Waals surface area contributed by atoms with Gasteiger partial charge in [-0.15, -0.1) is 11.8 Å². The van der Waals surface area contributed by atoms with Crippen molar-refractivity contribution in [2.24, 2.45) is 0 Å². The van der Waals surface area contributed by atoms with Crippen molar-refractivity contribution in [3.8, 4) is 11.8 Å². The van der Waals surface area contributed by atoms with Gasteiger partial charge in [-0.2, -0.15) is 0 Å². The molecule has 106 valence electrons. The molecule has 0 aliphatic carbocycles. The Morgan fingerprint density at radius 2 is 2.15 bits per heavy atom. The van der Waals surface area contributed by atoms with Gasteiger partial charge in [0.15, 0.2) is 6.29 Å². The molecular formula is C13H12O5S2. The van der Waals surface area contributed by atoms with Crippen molar-refractivity contribution in [3.05, 3.63) is 29.3 Å². The van der Waals surface area contributed by atoms with E-state index in [9.17, 15) is 18.0 Å². The Balaban J connectivity index is 2.92. The zero-order valence-corrected chi connectivity index (χ0v) is 12.3.